The lowest BCUT2D eigenvalue weighted by atomic mass is 9.93. The summed E-state index contributed by atoms with van der Waals surface area (Å²) in [6, 6.07) is 10.4. The zero-order valence-corrected chi connectivity index (χ0v) is 15.9. The number of rotatable bonds is 2. The zero-order chi connectivity index (χ0) is 20.1. The fourth-order valence-electron chi connectivity index (χ4n) is 3.89. The van der Waals surface area contributed by atoms with E-state index in [0.29, 0.717) is 23.7 Å². The molecular weight excluding hydrogens is 389 g/mol. The van der Waals surface area contributed by atoms with E-state index in [4.69, 9.17) is 11.6 Å². The summed E-state index contributed by atoms with van der Waals surface area (Å²) in [6.45, 7) is 3.07. The fraction of sp³-hybridized carbons (Fsp3) is 0.286. The van der Waals surface area contributed by atoms with Crippen LogP contribution in [0.5, 0.6) is 0 Å². The Bertz CT molecular complexity index is 1040. The third-order valence-corrected chi connectivity index (χ3v) is 5.44. The molecule has 1 aromatic heterocycles. The Hall–Kier alpha value is -2.47. The van der Waals surface area contributed by atoms with Gasteiger partial charge in [0.15, 0.2) is 0 Å². The van der Waals surface area contributed by atoms with Crippen molar-refractivity contribution in [1.29, 1.82) is 0 Å². The third-order valence-electron chi connectivity index (χ3n) is 5.21. The number of aromatic nitrogens is 1. The summed E-state index contributed by atoms with van der Waals surface area (Å²) in [4.78, 5) is 17.9. The largest absolute Gasteiger partial charge is 0.416 e. The molecule has 0 spiro atoms. The third kappa shape index (κ3) is 3.49. The Kier molecular flexibility index (Phi) is 4.62. The first-order chi connectivity index (χ1) is 13.2. The van der Waals surface area contributed by atoms with Crippen LogP contribution in [0.15, 0.2) is 42.5 Å². The van der Waals surface area contributed by atoms with E-state index in [1.54, 1.807) is 4.90 Å². The molecule has 7 heteroatoms. The zero-order valence-electron chi connectivity index (χ0n) is 15.1. The van der Waals surface area contributed by atoms with Crippen molar-refractivity contribution in [3.05, 3.63) is 69.9 Å². The number of carbonyl (C=O) groups is 1. The molecule has 2 heterocycles. The standard InChI is InChI=1S/C21H18ClF3N2O/c1-12-10-27(11-18-20(12)16-9-15(22)6-7-17(16)26-18)19(28)8-13-2-4-14(5-3-13)21(23,24)25/h2-7,9,12,26H,8,10-11H2,1H3. The molecule has 0 radical (unpaired) electrons. The predicted molar refractivity (Wildman–Crippen MR) is 102 cm³/mol. The summed E-state index contributed by atoms with van der Waals surface area (Å²) in [5.41, 5.74) is 3.00. The van der Waals surface area contributed by atoms with Crippen molar-refractivity contribution in [1.82, 2.24) is 9.88 Å². The molecular formula is C21H18ClF3N2O. The van der Waals surface area contributed by atoms with Crippen LogP contribution in [0.25, 0.3) is 10.9 Å². The minimum atomic E-state index is -4.38. The van der Waals surface area contributed by atoms with Crippen LogP contribution in [0.1, 0.15) is 35.2 Å². The topological polar surface area (TPSA) is 36.1 Å². The number of hydrogen-bond donors (Lipinski definition) is 1. The number of alkyl halides is 3. The summed E-state index contributed by atoms with van der Waals surface area (Å²) in [5, 5.41) is 1.74. The maximum absolute atomic E-state index is 12.7. The molecule has 1 atom stereocenters. The second-order valence-corrected chi connectivity index (χ2v) is 7.69. The number of hydrogen-bond acceptors (Lipinski definition) is 1. The van der Waals surface area contributed by atoms with Gasteiger partial charge in [-0.1, -0.05) is 30.7 Å². The van der Waals surface area contributed by atoms with E-state index >= 15 is 0 Å². The number of amides is 1. The van der Waals surface area contributed by atoms with Gasteiger partial charge in [0.2, 0.25) is 5.91 Å². The van der Waals surface area contributed by atoms with Gasteiger partial charge in [-0.15, -0.1) is 0 Å². The van der Waals surface area contributed by atoms with Crippen molar-refractivity contribution < 1.29 is 18.0 Å². The average Bonchev–Trinajstić information content (AvgIpc) is 2.99. The van der Waals surface area contributed by atoms with Gasteiger partial charge in [0.05, 0.1) is 18.5 Å². The van der Waals surface area contributed by atoms with Crippen molar-refractivity contribution in [3.63, 3.8) is 0 Å². The molecule has 3 aromatic rings. The monoisotopic (exact) mass is 406 g/mol. The summed E-state index contributed by atoms with van der Waals surface area (Å²) >= 11 is 6.13. The molecule has 1 aliphatic heterocycles. The molecule has 146 valence electrons. The van der Waals surface area contributed by atoms with E-state index in [-0.39, 0.29) is 18.2 Å². The maximum Gasteiger partial charge on any atom is 0.416 e. The molecule has 1 unspecified atom stereocenters. The van der Waals surface area contributed by atoms with Crippen LogP contribution in [0.2, 0.25) is 5.02 Å². The second kappa shape index (κ2) is 6.85. The first-order valence-electron chi connectivity index (χ1n) is 8.96. The Balaban J connectivity index is 1.53. The predicted octanol–water partition coefficient (Wildman–Crippen LogP) is 5.53. The number of nitrogens with one attached hydrogen (secondary N) is 1. The van der Waals surface area contributed by atoms with E-state index < -0.39 is 11.7 Å². The second-order valence-electron chi connectivity index (χ2n) is 7.25. The van der Waals surface area contributed by atoms with Crippen LogP contribution in [0.4, 0.5) is 13.2 Å². The molecule has 28 heavy (non-hydrogen) atoms. The van der Waals surface area contributed by atoms with Crippen molar-refractivity contribution in [2.45, 2.75) is 32.0 Å². The SMILES string of the molecule is CC1CN(C(=O)Cc2ccc(C(F)(F)F)cc2)Cc2[nH]c3ccc(Cl)cc3c21. The highest BCUT2D eigenvalue weighted by Crippen LogP contribution is 2.36. The normalized spacial score (nSPS) is 17.0. The molecule has 1 amide bonds. The molecule has 0 bridgehead atoms. The first-order valence-corrected chi connectivity index (χ1v) is 9.34. The number of nitrogens with zero attached hydrogens (tertiary/aromatic N) is 1. The van der Waals surface area contributed by atoms with Crippen LogP contribution in [0.3, 0.4) is 0 Å². The van der Waals surface area contributed by atoms with Crippen LogP contribution in [-0.2, 0) is 23.9 Å². The number of halogens is 4. The molecule has 4 rings (SSSR count). The lowest BCUT2D eigenvalue weighted by Gasteiger charge is -2.31. The smallest absolute Gasteiger partial charge is 0.357 e. The van der Waals surface area contributed by atoms with Gasteiger partial charge >= 0.3 is 6.18 Å². The number of aromatic amines is 1. The van der Waals surface area contributed by atoms with Crippen LogP contribution < -0.4 is 0 Å². The Morgan fingerprint density at radius 1 is 1.21 bits per heavy atom. The fourth-order valence-corrected chi connectivity index (χ4v) is 4.07. The summed E-state index contributed by atoms with van der Waals surface area (Å²) in [5.74, 6) is 0.0291. The molecule has 0 saturated heterocycles. The number of benzene rings is 2. The Morgan fingerprint density at radius 2 is 1.93 bits per heavy atom. The van der Waals surface area contributed by atoms with E-state index in [1.165, 1.54) is 17.7 Å². The highest BCUT2D eigenvalue weighted by Gasteiger charge is 2.31. The number of H-pyrrole nitrogens is 1. The lowest BCUT2D eigenvalue weighted by molar-refractivity contribution is -0.137. The van der Waals surface area contributed by atoms with Gasteiger partial charge in [-0.2, -0.15) is 13.2 Å². The molecule has 0 aliphatic carbocycles. The van der Waals surface area contributed by atoms with Gasteiger partial charge in [0, 0.05) is 34.1 Å². The molecule has 3 nitrogen and oxygen atoms in total. The van der Waals surface area contributed by atoms with E-state index in [9.17, 15) is 18.0 Å². The van der Waals surface area contributed by atoms with Gasteiger partial charge < -0.3 is 9.88 Å². The minimum Gasteiger partial charge on any atom is -0.357 e. The highest BCUT2D eigenvalue weighted by molar-refractivity contribution is 6.31. The lowest BCUT2D eigenvalue weighted by Crippen LogP contribution is -2.38. The molecule has 1 N–H and O–H groups in total. The summed E-state index contributed by atoms with van der Waals surface area (Å²) in [6.07, 6.45) is -4.30. The van der Waals surface area contributed by atoms with Gasteiger partial charge in [-0.3, -0.25) is 4.79 Å². The van der Waals surface area contributed by atoms with Crippen LogP contribution in [0, 0.1) is 0 Å². The molecule has 2 aromatic carbocycles. The van der Waals surface area contributed by atoms with E-state index in [1.807, 2.05) is 18.2 Å². The number of carbonyl (C=O) groups excluding carboxylic acids is 1. The molecule has 1 aliphatic rings. The Labute approximate surface area is 165 Å². The van der Waals surface area contributed by atoms with Crippen LogP contribution in [-0.4, -0.2) is 22.3 Å². The Morgan fingerprint density at radius 3 is 2.61 bits per heavy atom. The average molecular weight is 407 g/mol. The maximum atomic E-state index is 12.7. The van der Waals surface area contributed by atoms with Gasteiger partial charge in [0.1, 0.15) is 0 Å². The summed E-state index contributed by atoms with van der Waals surface area (Å²) < 4.78 is 38.0. The quantitative estimate of drug-likeness (QED) is 0.597. The van der Waals surface area contributed by atoms with Crippen molar-refractivity contribution >= 4 is 28.4 Å². The van der Waals surface area contributed by atoms with Crippen LogP contribution >= 0.6 is 11.6 Å². The number of fused-ring (bicyclic) bond motifs is 3. The van der Waals surface area contributed by atoms with E-state index in [2.05, 4.69) is 11.9 Å². The van der Waals surface area contributed by atoms with Gasteiger partial charge in [0.25, 0.3) is 0 Å². The van der Waals surface area contributed by atoms with Crippen molar-refractivity contribution in [2.24, 2.45) is 0 Å². The molecule has 0 fully saturated rings. The van der Waals surface area contributed by atoms with Gasteiger partial charge in [-0.05, 0) is 41.5 Å². The minimum absolute atomic E-state index is 0.0756. The first kappa shape index (κ1) is 18.9. The van der Waals surface area contributed by atoms with Gasteiger partial charge in [-0.25, -0.2) is 0 Å². The van der Waals surface area contributed by atoms with Crippen molar-refractivity contribution in [2.75, 3.05) is 6.54 Å². The van der Waals surface area contributed by atoms with E-state index in [0.717, 1.165) is 28.7 Å². The summed E-state index contributed by atoms with van der Waals surface area (Å²) in [7, 11) is 0. The van der Waals surface area contributed by atoms with Crippen molar-refractivity contribution in [3.8, 4) is 0 Å². The molecule has 0 saturated carbocycles. The highest BCUT2D eigenvalue weighted by atomic mass is 35.5.